The lowest BCUT2D eigenvalue weighted by Crippen LogP contribution is -2.42. The fraction of sp³-hybridized carbons (Fsp3) is 0.600. The van der Waals surface area contributed by atoms with E-state index in [0.717, 1.165) is 30.4 Å². The van der Waals surface area contributed by atoms with Gasteiger partial charge in [-0.2, -0.15) is 4.98 Å². The zero-order valence-corrected chi connectivity index (χ0v) is 12.5. The molecule has 3 heterocycles. The Morgan fingerprint density at radius 2 is 2.30 bits per heavy atom. The molecule has 1 atom stereocenters. The first-order chi connectivity index (χ1) is 9.65. The van der Waals surface area contributed by atoms with Gasteiger partial charge < -0.3 is 10.2 Å². The van der Waals surface area contributed by atoms with Crippen LogP contribution < -0.4 is 10.2 Å². The molecule has 5 nitrogen and oxygen atoms in total. The summed E-state index contributed by atoms with van der Waals surface area (Å²) in [6.07, 6.45) is 2.52. The van der Waals surface area contributed by atoms with Crippen LogP contribution in [0.25, 0.3) is 5.65 Å². The third-order valence-corrected chi connectivity index (χ3v) is 4.00. The van der Waals surface area contributed by atoms with Crippen LogP contribution in [-0.2, 0) is 0 Å². The molecular formula is C15H23N5. The van der Waals surface area contributed by atoms with Gasteiger partial charge in [-0.15, -0.1) is 5.10 Å². The highest BCUT2D eigenvalue weighted by Crippen LogP contribution is 2.17. The molecule has 1 N–H and O–H groups in total. The van der Waals surface area contributed by atoms with Crippen molar-refractivity contribution in [3.63, 3.8) is 0 Å². The van der Waals surface area contributed by atoms with Crippen molar-refractivity contribution in [2.24, 2.45) is 0 Å². The number of nitrogens with one attached hydrogen (secondary N) is 1. The molecule has 2 aromatic rings. The van der Waals surface area contributed by atoms with Crippen LogP contribution in [0.4, 0.5) is 5.95 Å². The average molecular weight is 273 g/mol. The molecule has 1 fully saturated rings. The van der Waals surface area contributed by atoms with E-state index >= 15 is 0 Å². The monoisotopic (exact) mass is 273 g/mol. The number of nitrogens with zero attached hydrogens (tertiary/aromatic N) is 4. The summed E-state index contributed by atoms with van der Waals surface area (Å²) in [7, 11) is 0. The Kier molecular flexibility index (Phi) is 3.61. The van der Waals surface area contributed by atoms with E-state index in [2.05, 4.69) is 47.1 Å². The van der Waals surface area contributed by atoms with Crippen LogP contribution in [0.1, 0.15) is 32.4 Å². The summed E-state index contributed by atoms with van der Waals surface area (Å²) in [4.78, 5) is 6.99. The molecule has 1 unspecified atom stereocenters. The molecule has 0 radical (unpaired) electrons. The molecule has 2 aromatic heterocycles. The van der Waals surface area contributed by atoms with Gasteiger partial charge in [-0.1, -0.05) is 6.07 Å². The van der Waals surface area contributed by atoms with Crippen molar-refractivity contribution < 1.29 is 0 Å². The van der Waals surface area contributed by atoms with Crippen LogP contribution in [0.5, 0.6) is 0 Å². The van der Waals surface area contributed by atoms with Crippen molar-refractivity contribution >= 4 is 11.6 Å². The molecule has 1 aliphatic heterocycles. The number of hydrogen-bond acceptors (Lipinski definition) is 4. The molecular weight excluding hydrogens is 250 g/mol. The van der Waals surface area contributed by atoms with Crippen LogP contribution in [0, 0.1) is 6.92 Å². The maximum atomic E-state index is 4.69. The highest BCUT2D eigenvalue weighted by molar-refractivity contribution is 5.46. The second-order valence-corrected chi connectivity index (χ2v) is 5.89. The lowest BCUT2D eigenvalue weighted by atomic mass is 10.2. The maximum Gasteiger partial charge on any atom is 0.245 e. The Balaban J connectivity index is 1.90. The normalized spacial score (nSPS) is 19.1. The number of rotatable bonds is 4. The fourth-order valence-corrected chi connectivity index (χ4v) is 2.82. The van der Waals surface area contributed by atoms with E-state index in [4.69, 9.17) is 0 Å². The zero-order valence-electron chi connectivity index (χ0n) is 12.5. The van der Waals surface area contributed by atoms with E-state index in [0.29, 0.717) is 12.1 Å². The van der Waals surface area contributed by atoms with Crippen molar-refractivity contribution in [1.82, 2.24) is 19.9 Å². The highest BCUT2D eigenvalue weighted by Gasteiger charge is 2.22. The minimum Gasteiger partial charge on any atom is -0.336 e. The fourth-order valence-electron chi connectivity index (χ4n) is 2.82. The van der Waals surface area contributed by atoms with Crippen molar-refractivity contribution in [2.75, 3.05) is 18.0 Å². The van der Waals surface area contributed by atoms with E-state index in [1.807, 2.05) is 16.6 Å². The van der Waals surface area contributed by atoms with Crippen LogP contribution in [-0.4, -0.2) is 39.8 Å². The number of aryl methyl sites for hydroxylation is 1. The standard InChI is InChI=1S/C15H23N5/c1-11(2)19(10-13-7-5-9-16-13)15-17-14-8-4-6-12(3)20(14)18-15/h4,6,8,11,13,16H,5,7,9-10H2,1-3H3. The average Bonchev–Trinajstić information content (AvgIpc) is 3.05. The Hall–Kier alpha value is -1.62. The van der Waals surface area contributed by atoms with Gasteiger partial charge in [-0.25, -0.2) is 4.52 Å². The molecule has 108 valence electrons. The van der Waals surface area contributed by atoms with Gasteiger partial charge in [0.05, 0.1) is 0 Å². The lowest BCUT2D eigenvalue weighted by molar-refractivity contribution is 0.544. The zero-order chi connectivity index (χ0) is 14.1. The highest BCUT2D eigenvalue weighted by atomic mass is 15.4. The van der Waals surface area contributed by atoms with Gasteiger partial charge in [0.15, 0.2) is 5.65 Å². The molecule has 0 aliphatic carbocycles. The molecule has 0 amide bonds. The molecule has 0 aromatic carbocycles. The predicted molar refractivity (Wildman–Crippen MR) is 81.2 cm³/mol. The van der Waals surface area contributed by atoms with Gasteiger partial charge in [-0.3, -0.25) is 0 Å². The predicted octanol–water partition coefficient (Wildman–Crippen LogP) is 2.00. The van der Waals surface area contributed by atoms with Gasteiger partial charge in [0, 0.05) is 24.3 Å². The maximum absolute atomic E-state index is 4.69. The van der Waals surface area contributed by atoms with Crippen molar-refractivity contribution in [2.45, 2.75) is 45.7 Å². The summed E-state index contributed by atoms with van der Waals surface area (Å²) in [5, 5.41) is 8.23. The number of pyridine rings is 1. The number of anilines is 1. The summed E-state index contributed by atoms with van der Waals surface area (Å²) in [5.74, 6) is 0.836. The molecule has 5 heteroatoms. The Bertz CT molecular complexity index is 583. The van der Waals surface area contributed by atoms with Crippen LogP contribution in [0.15, 0.2) is 18.2 Å². The van der Waals surface area contributed by atoms with Crippen molar-refractivity contribution in [1.29, 1.82) is 0 Å². The van der Waals surface area contributed by atoms with Gasteiger partial charge >= 0.3 is 0 Å². The SMILES string of the molecule is Cc1cccc2nc(N(CC3CCCN3)C(C)C)nn12. The molecule has 0 spiro atoms. The first kappa shape index (κ1) is 13.4. The number of aromatic nitrogens is 3. The first-order valence-electron chi connectivity index (χ1n) is 7.47. The second kappa shape index (κ2) is 5.40. The van der Waals surface area contributed by atoms with E-state index in [1.54, 1.807) is 0 Å². The van der Waals surface area contributed by atoms with E-state index < -0.39 is 0 Å². The number of fused-ring (bicyclic) bond motifs is 1. The first-order valence-corrected chi connectivity index (χ1v) is 7.47. The number of hydrogen-bond donors (Lipinski definition) is 1. The summed E-state index contributed by atoms with van der Waals surface area (Å²) < 4.78 is 1.92. The van der Waals surface area contributed by atoms with Crippen LogP contribution >= 0.6 is 0 Å². The molecule has 1 aliphatic rings. The van der Waals surface area contributed by atoms with Crippen LogP contribution in [0.3, 0.4) is 0 Å². The van der Waals surface area contributed by atoms with E-state index in [-0.39, 0.29) is 0 Å². The lowest BCUT2D eigenvalue weighted by Gasteiger charge is -2.28. The topological polar surface area (TPSA) is 45.5 Å². The Morgan fingerprint density at radius 3 is 2.95 bits per heavy atom. The summed E-state index contributed by atoms with van der Waals surface area (Å²) >= 11 is 0. The van der Waals surface area contributed by atoms with E-state index in [1.165, 1.54) is 12.8 Å². The van der Waals surface area contributed by atoms with Crippen molar-refractivity contribution in [3.8, 4) is 0 Å². The Labute approximate surface area is 120 Å². The molecule has 0 bridgehead atoms. The third kappa shape index (κ3) is 2.50. The van der Waals surface area contributed by atoms with E-state index in [9.17, 15) is 0 Å². The van der Waals surface area contributed by atoms with Gasteiger partial charge in [0.2, 0.25) is 5.95 Å². The molecule has 0 saturated carbocycles. The van der Waals surface area contributed by atoms with Gasteiger partial charge in [0.25, 0.3) is 0 Å². The summed E-state index contributed by atoms with van der Waals surface area (Å²) in [6, 6.07) is 7.06. The molecule has 1 saturated heterocycles. The quantitative estimate of drug-likeness (QED) is 0.925. The van der Waals surface area contributed by atoms with Gasteiger partial charge in [-0.05, 0) is 52.3 Å². The van der Waals surface area contributed by atoms with Crippen LogP contribution in [0.2, 0.25) is 0 Å². The molecule has 3 rings (SSSR count). The summed E-state index contributed by atoms with van der Waals surface area (Å²) in [5.41, 5.74) is 2.04. The Morgan fingerprint density at radius 1 is 1.45 bits per heavy atom. The largest absolute Gasteiger partial charge is 0.336 e. The van der Waals surface area contributed by atoms with Crippen molar-refractivity contribution in [3.05, 3.63) is 23.9 Å². The summed E-state index contributed by atoms with van der Waals surface area (Å²) in [6.45, 7) is 8.58. The minimum absolute atomic E-state index is 0.398. The minimum atomic E-state index is 0.398. The third-order valence-electron chi connectivity index (χ3n) is 4.00. The smallest absolute Gasteiger partial charge is 0.245 e. The second-order valence-electron chi connectivity index (χ2n) is 5.89. The molecule has 20 heavy (non-hydrogen) atoms. The van der Waals surface area contributed by atoms with Gasteiger partial charge in [0.1, 0.15) is 0 Å².